The molecule has 0 saturated carbocycles. The zero-order valence-corrected chi connectivity index (χ0v) is 7.45. The first-order valence-corrected chi connectivity index (χ1v) is 4.22. The van der Waals surface area contributed by atoms with E-state index in [4.69, 9.17) is 9.84 Å². The Hall–Kier alpha value is -0.830. The van der Waals surface area contributed by atoms with Crippen LogP contribution >= 0.6 is 0 Å². The van der Waals surface area contributed by atoms with E-state index in [1.807, 2.05) is 6.92 Å². The molecule has 0 aliphatic carbocycles. The molecule has 0 unspecified atom stereocenters. The van der Waals surface area contributed by atoms with Crippen molar-refractivity contribution in [2.24, 2.45) is 0 Å². The van der Waals surface area contributed by atoms with Gasteiger partial charge in [0.15, 0.2) is 0 Å². The van der Waals surface area contributed by atoms with E-state index in [2.05, 4.69) is 0 Å². The van der Waals surface area contributed by atoms with Gasteiger partial charge >= 0.3 is 5.97 Å². The van der Waals surface area contributed by atoms with E-state index in [-0.39, 0.29) is 19.2 Å². The number of aliphatic hydroxyl groups is 1. The van der Waals surface area contributed by atoms with Crippen LogP contribution in [-0.2, 0) is 9.53 Å². The molecule has 0 heterocycles. The predicted molar refractivity (Wildman–Crippen MR) is 46.7 cm³/mol. The fourth-order valence-electron chi connectivity index (χ4n) is 0.677. The van der Waals surface area contributed by atoms with Crippen molar-refractivity contribution in [3.8, 4) is 0 Å². The number of rotatable bonds is 6. The van der Waals surface area contributed by atoms with Crippen LogP contribution in [0.4, 0.5) is 0 Å². The van der Waals surface area contributed by atoms with E-state index in [1.165, 1.54) is 0 Å². The van der Waals surface area contributed by atoms with Crippen molar-refractivity contribution in [2.75, 3.05) is 13.2 Å². The summed E-state index contributed by atoms with van der Waals surface area (Å²) in [6.07, 6.45) is 5.55. The molecular formula is C9H16O3. The van der Waals surface area contributed by atoms with Crippen LogP contribution in [0.1, 0.15) is 26.2 Å². The lowest BCUT2D eigenvalue weighted by Crippen LogP contribution is -2.03. The Labute approximate surface area is 73.0 Å². The molecule has 0 saturated heterocycles. The standard InChI is InChI=1S/C9H16O3/c1-2-3-6-9(11)12-8-5-4-7-10/h4-5,10H,2-3,6-8H2,1H3. The molecule has 70 valence electrons. The Morgan fingerprint density at radius 3 is 2.83 bits per heavy atom. The first-order chi connectivity index (χ1) is 5.81. The summed E-state index contributed by atoms with van der Waals surface area (Å²) in [6.45, 7) is 2.29. The minimum atomic E-state index is -0.167. The van der Waals surface area contributed by atoms with Crippen LogP contribution in [0.2, 0.25) is 0 Å². The van der Waals surface area contributed by atoms with Crippen LogP contribution in [0.3, 0.4) is 0 Å². The third kappa shape index (κ3) is 7.28. The Balaban J connectivity index is 3.25. The van der Waals surface area contributed by atoms with E-state index in [0.717, 1.165) is 12.8 Å². The second-order valence-electron chi connectivity index (χ2n) is 2.44. The summed E-state index contributed by atoms with van der Waals surface area (Å²) in [4.78, 5) is 10.8. The Morgan fingerprint density at radius 1 is 1.50 bits per heavy atom. The van der Waals surface area contributed by atoms with Crippen molar-refractivity contribution < 1.29 is 14.6 Å². The summed E-state index contributed by atoms with van der Waals surface area (Å²) in [7, 11) is 0. The molecule has 0 aliphatic heterocycles. The first kappa shape index (κ1) is 11.2. The lowest BCUT2D eigenvalue weighted by molar-refractivity contribution is -0.142. The zero-order valence-electron chi connectivity index (χ0n) is 7.45. The fourth-order valence-corrected chi connectivity index (χ4v) is 0.677. The summed E-state index contributed by atoms with van der Waals surface area (Å²) in [6, 6.07) is 0. The maximum atomic E-state index is 10.8. The maximum Gasteiger partial charge on any atom is 0.306 e. The lowest BCUT2D eigenvalue weighted by Gasteiger charge is -1.99. The van der Waals surface area contributed by atoms with Gasteiger partial charge in [0.2, 0.25) is 0 Å². The summed E-state index contributed by atoms with van der Waals surface area (Å²) in [5, 5.41) is 8.35. The van der Waals surface area contributed by atoms with E-state index >= 15 is 0 Å². The van der Waals surface area contributed by atoms with Gasteiger partial charge < -0.3 is 9.84 Å². The van der Waals surface area contributed by atoms with Gasteiger partial charge in [0.05, 0.1) is 6.61 Å². The minimum Gasteiger partial charge on any atom is -0.461 e. The topological polar surface area (TPSA) is 46.5 Å². The molecule has 0 aromatic carbocycles. The summed E-state index contributed by atoms with van der Waals surface area (Å²) >= 11 is 0. The van der Waals surface area contributed by atoms with E-state index in [9.17, 15) is 4.79 Å². The molecule has 0 aromatic heterocycles. The van der Waals surface area contributed by atoms with Gasteiger partial charge in [0, 0.05) is 6.42 Å². The van der Waals surface area contributed by atoms with Gasteiger partial charge in [0.1, 0.15) is 6.61 Å². The third-order valence-electron chi connectivity index (χ3n) is 1.35. The molecule has 0 aliphatic rings. The molecule has 0 radical (unpaired) electrons. The summed E-state index contributed by atoms with van der Waals surface area (Å²) in [5.41, 5.74) is 0. The number of hydrogen-bond acceptors (Lipinski definition) is 3. The number of ether oxygens (including phenoxy) is 1. The monoisotopic (exact) mass is 172 g/mol. The van der Waals surface area contributed by atoms with Gasteiger partial charge in [-0.3, -0.25) is 4.79 Å². The van der Waals surface area contributed by atoms with Crippen LogP contribution in [-0.4, -0.2) is 24.3 Å². The Kier molecular flexibility index (Phi) is 7.70. The van der Waals surface area contributed by atoms with Gasteiger partial charge in [-0.2, -0.15) is 0 Å². The van der Waals surface area contributed by atoms with Crippen LogP contribution in [0.15, 0.2) is 12.2 Å². The highest BCUT2D eigenvalue weighted by Crippen LogP contribution is 1.96. The van der Waals surface area contributed by atoms with E-state index in [1.54, 1.807) is 12.2 Å². The van der Waals surface area contributed by atoms with Gasteiger partial charge in [-0.1, -0.05) is 19.4 Å². The van der Waals surface area contributed by atoms with Crippen molar-refractivity contribution in [1.82, 2.24) is 0 Å². The highest BCUT2D eigenvalue weighted by atomic mass is 16.5. The molecule has 0 bridgehead atoms. The Morgan fingerprint density at radius 2 is 2.25 bits per heavy atom. The number of unbranched alkanes of at least 4 members (excludes halogenated alkanes) is 1. The second kappa shape index (κ2) is 8.27. The number of hydrogen-bond donors (Lipinski definition) is 1. The van der Waals surface area contributed by atoms with Gasteiger partial charge in [-0.15, -0.1) is 0 Å². The summed E-state index contributed by atoms with van der Waals surface area (Å²) in [5.74, 6) is -0.167. The molecule has 1 N–H and O–H groups in total. The molecule has 0 atom stereocenters. The molecule has 0 rings (SSSR count). The Bertz CT molecular complexity index is 141. The highest BCUT2D eigenvalue weighted by molar-refractivity contribution is 5.69. The van der Waals surface area contributed by atoms with Crippen LogP contribution in [0.5, 0.6) is 0 Å². The average molecular weight is 172 g/mol. The molecule has 3 nitrogen and oxygen atoms in total. The third-order valence-corrected chi connectivity index (χ3v) is 1.35. The highest BCUT2D eigenvalue weighted by Gasteiger charge is 1.98. The van der Waals surface area contributed by atoms with Crippen molar-refractivity contribution in [3.63, 3.8) is 0 Å². The van der Waals surface area contributed by atoms with Crippen molar-refractivity contribution >= 4 is 5.97 Å². The van der Waals surface area contributed by atoms with Gasteiger partial charge in [-0.25, -0.2) is 0 Å². The number of carbonyl (C=O) groups excluding carboxylic acids is 1. The van der Waals surface area contributed by atoms with E-state index in [0.29, 0.717) is 6.42 Å². The van der Waals surface area contributed by atoms with Crippen molar-refractivity contribution in [2.45, 2.75) is 26.2 Å². The van der Waals surface area contributed by atoms with E-state index < -0.39 is 0 Å². The van der Waals surface area contributed by atoms with Gasteiger partial charge in [0.25, 0.3) is 0 Å². The number of carbonyl (C=O) groups is 1. The normalized spacial score (nSPS) is 10.5. The second-order valence-corrected chi connectivity index (χ2v) is 2.44. The zero-order chi connectivity index (χ0) is 9.23. The molecule has 0 amide bonds. The number of esters is 1. The van der Waals surface area contributed by atoms with Crippen molar-refractivity contribution in [3.05, 3.63) is 12.2 Å². The van der Waals surface area contributed by atoms with Crippen LogP contribution in [0, 0.1) is 0 Å². The fraction of sp³-hybridized carbons (Fsp3) is 0.667. The smallest absolute Gasteiger partial charge is 0.306 e. The molecule has 0 aromatic rings. The number of aliphatic hydroxyl groups excluding tert-OH is 1. The lowest BCUT2D eigenvalue weighted by atomic mass is 10.2. The summed E-state index contributed by atoms with van der Waals surface area (Å²) < 4.78 is 4.81. The molecule has 12 heavy (non-hydrogen) atoms. The van der Waals surface area contributed by atoms with Gasteiger partial charge in [-0.05, 0) is 12.5 Å². The van der Waals surface area contributed by atoms with Crippen LogP contribution in [0.25, 0.3) is 0 Å². The molecule has 0 spiro atoms. The predicted octanol–water partition coefficient (Wildman–Crippen LogP) is 1.27. The van der Waals surface area contributed by atoms with Crippen molar-refractivity contribution in [1.29, 1.82) is 0 Å². The molecular weight excluding hydrogens is 156 g/mol. The quantitative estimate of drug-likeness (QED) is 0.484. The van der Waals surface area contributed by atoms with Crippen LogP contribution < -0.4 is 0 Å². The SMILES string of the molecule is CCCCC(=O)OCC=CCO. The largest absolute Gasteiger partial charge is 0.461 e. The minimum absolute atomic E-state index is 0.00743. The molecule has 0 fully saturated rings. The molecule has 3 heteroatoms. The first-order valence-electron chi connectivity index (χ1n) is 4.22. The average Bonchev–Trinajstić information content (AvgIpc) is 2.09. The maximum absolute atomic E-state index is 10.8.